The van der Waals surface area contributed by atoms with E-state index in [1.54, 1.807) is 19.3 Å². The van der Waals surface area contributed by atoms with Crippen LogP contribution in [0.1, 0.15) is 34.6 Å². The van der Waals surface area contributed by atoms with E-state index in [9.17, 15) is 35.6 Å². The Morgan fingerprint density at radius 3 is 2.23 bits per heavy atom. The lowest BCUT2D eigenvalue weighted by Gasteiger charge is -2.22. The number of rotatable bonds is 11. The van der Waals surface area contributed by atoms with Gasteiger partial charge in [0.05, 0.1) is 27.4 Å². The van der Waals surface area contributed by atoms with Crippen molar-refractivity contribution in [1.29, 1.82) is 0 Å². The lowest BCUT2D eigenvalue weighted by atomic mass is 10.2. The summed E-state index contributed by atoms with van der Waals surface area (Å²) in [6.45, 7) is 2.13. The molecule has 0 bridgehead atoms. The SMILES string of the molecule is CC(C)Oc1ccc(C(=O)NNC(=O)c2cc(F)c(OCC(NS(=O)(=O)c3ccccc3NO)C(F)(F)F)cc2Cl)cc1Cl. The van der Waals surface area contributed by atoms with E-state index in [-0.39, 0.29) is 16.7 Å². The first-order valence-corrected chi connectivity index (χ1v) is 14.5. The van der Waals surface area contributed by atoms with Gasteiger partial charge in [-0.1, -0.05) is 35.3 Å². The minimum Gasteiger partial charge on any atom is -0.489 e. The third-order valence-electron chi connectivity index (χ3n) is 5.51. The Labute approximate surface area is 258 Å². The number of para-hydroxylation sites is 1. The lowest BCUT2D eigenvalue weighted by molar-refractivity contribution is -0.157. The van der Waals surface area contributed by atoms with Crippen molar-refractivity contribution in [1.82, 2.24) is 15.6 Å². The van der Waals surface area contributed by atoms with E-state index in [0.717, 1.165) is 12.1 Å². The minimum absolute atomic E-state index is 0.0402. The maximum atomic E-state index is 14.7. The Morgan fingerprint density at radius 1 is 0.955 bits per heavy atom. The van der Waals surface area contributed by atoms with Crippen LogP contribution < -0.4 is 30.5 Å². The number of hydrogen-bond acceptors (Lipinski definition) is 8. The highest BCUT2D eigenvalue weighted by Gasteiger charge is 2.43. The monoisotopic (exact) mass is 682 g/mol. The fourth-order valence-electron chi connectivity index (χ4n) is 3.47. The quantitative estimate of drug-likeness (QED) is 0.139. The zero-order valence-corrected chi connectivity index (χ0v) is 25.0. The summed E-state index contributed by atoms with van der Waals surface area (Å²) >= 11 is 12.1. The fraction of sp³-hybridized carbons (Fsp3) is 0.231. The molecule has 238 valence electrons. The number of sulfonamides is 1. The summed E-state index contributed by atoms with van der Waals surface area (Å²) in [6, 6.07) is 7.07. The largest absolute Gasteiger partial charge is 0.489 e. The van der Waals surface area contributed by atoms with Gasteiger partial charge in [0.25, 0.3) is 11.8 Å². The van der Waals surface area contributed by atoms with Gasteiger partial charge in [0.1, 0.15) is 17.3 Å². The number of amides is 2. The first-order valence-electron chi connectivity index (χ1n) is 12.3. The molecule has 18 heteroatoms. The molecule has 0 aliphatic heterocycles. The molecule has 1 atom stereocenters. The van der Waals surface area contributed by atoms with E-state index in [0.29, 0.717) is 17.9 Å². The predicted octanol–water partition coefficient (Wildman–Crippen LogP) is 5.08. The van der Waals surface area contributed by atoms with E-state index in [4.69, 9.17) is 37.9 Å². The van der Waals surface area contributed by atoms with Gasteiger partial charge in [0.15, 0.2) is 17.6 Å². The number of hydrazine groups is 1. The van der Waals surface area contributed by atoms with Crippen LogP contribution in [0.3, 0.4) is 0 Å². The summed E-state index contributed by atoms with van der Waals surface area (Å²) in [5, 5.41) is 8.76. The van der Waals surface area contributed by atoms with Gasteiger partial charge in [0, 0.05) is 11.6 Å². The summed E-state index contributed by atoms with van der Waals surface area (Å²) in [7, 11) is -4.86. The molecule has 5 N–H and O–H groups in total. The smallest absolute Gasteiger partial charge is 0.408 e. The first kappa shape index (κ1) is 34.7. The van der Waals surface area contributed by atoms with Gasteiger partial charge < -0.3 is 9.47 Å². The Hall–Kier alpha value is -3.83. The summed E-state index contributed by atoms with van der Waals surface area (Å²) < 4.78 is 92.7. The number of nitrogens with one attached hydrogen (secondary N) is 4. The van der Waals surface area contributed by atoms with Gasteiger partial charge in [-0.25, -0.2) is 12.8 Å². The Balaban J connectivity index is 1.69. The van der Waals surface area contributed by atoms with E-state index in [1.165, 1.54) is 35.1 Å². The molecular weight excluding hydrogens is 659 g/mol. The van der Waals surface area contributed by atoms with Crippen molar-refractivity contribution in [3.05, 3.63) is 81.6 Å². The second-order valence-electron chi connectivity index (χ2n) is 9.12. The van der Waals surface area contributed by atoms with Crippen molar-refractivity contribution in [3.8, 4) is 11.5 Å². The van der Waals surface area contributed by atoms with Crippen molar-refractivity contribution in [2.75, 3.05) is 12.1 Å². The van der Waals surface area contributed by atoms with Gasteiger partial charge in [-0.05, 0) is 50.2 Å². The van der Waals surface area contributed by atoms with E-state index in [1.807, 2.05) is 5.43 Å². The second-order valence-corrected chi connectivity index (χ2v) is 11.6. The maximum Gasteiger partial charge on any atom is 0.408 e. The van der Waals surface area contributed by atoms with E-state index >= 15 is 0 Å². The van der Waals surface area contributed by atoms with Crippen LogP contribution in [-0.2, 0) is 10.0 Å². The fourth-order valence-corrected chi connectivity index (χ4v) is 5.30. The molecule has 0 heterocycles. The highest BCUT2D eigenvalue weighted by atomic mass is 35.5. The number of alkyl halides is 3. The molecule has 3 aromatic rings. The van der Waals surface area contributed by atoms with Gasteiger partial charge in [-0.15, -0.1) is 0 Å². The van der Waals surface area contributed by atoms with Gasteiger partial charge >= 0.3 is 6.18 Å². The van der Waals surface area contributed by atoms with Crippen LogP contribution in [0.25, 0.3) is 0 Å². The third-order valence-corrected chi connectivity index (χ3v) is 7.65. The summed E-state index contributed by atoms with van der Waals surface area (Å²) in [6.07, 6.45) is -5.37. The molecule has 1 unspecified atom stereocenters. The number of benzene rings is 3. The molecule has 0 radical (unpaired) electrons. The van der Waals surface area contributed by atoms with Crippen molar-refractivity contribution < 1.29 is 50.2 Å². The third kappa shape index (κ3) is 8.86. The van der Waals surface area contributed by atoms with Crippen LogP contribution in [0.4, 0.5) is 23.2 Å². The molecule has 2 amide bonds. The molecule has 0 fully saturated rings. The van der Waals surface area contributed by atoms with Crippen LogP contribution in [-0.4, -0.2) is 50.4 Å². The minimum atomic E-state index is -5.20. The molecule has 44 heavy (non-hydrogen) atoms. The number of carbonyl (C=O) groups is 2. The second kappa shape index (κ2) is 14.3. The van der Waals surface area contributed by atoms with Crippen LogP contribution in [0.15, 0.2) is 59.5 Å². The zero-order valence-electron chi connectivity index (χ0n) is 22.6. The van der Waals surface area contributed by atoms with Gasteiger partial charge in [-0.3, -0.25) is 31.1 Å². The van der Waals surface area contributed by atoms with Gasteiger partial charge in [0.2, 0.25) is 10.0 Å². The van der Waals surface area contributed by atoms with Crippen molar-refractivity contribution in [2.45, 2.75) is 37.1 Å². The predicted molar refractivity (Wildman–Crippen MR) is 151 cm³/mol. The van der Waals surface area contributed by atoms with Crippen molar-refractivity contribution in [3.63, 3.8) is 0 Å². The number of ether oxygens (including phenoxy) is 2. The van der Waals surface area contributed by atoms with Crippen LogP contribution >= 0.6 is 23.2 Å². The number of anilines is 1. The Kier molecular flexibility index (Phi) is 11.3. The average molecular weight is 683 g/mol. The molecule has 0 saturated carbocycles. The average Bonchev–Trinajstić information content (AvgIpc) is 2.95. The topological polar surface area (TPSA) is 155 Å². The summed E-state index contributed by atoms with van der Waals surface area (Å²) in [5.74, 6) is -3.71. The van der Waals surface area contributed by atoms with Crippen molar-refractivity contribution in [2.24, 2.45) is 0 Å². The van der Waals surface area contributed by atoms with Crippen LogP contribution in [0.5, 0.6) is 11.5 Å². The molecule has 0 saturated heterocycles. The molecule has 0 aromatic heterocycles. The molecule has 3 rings (SSSR count). The Morgan fingerprint density at radius 2 is 1.61 bits per heavy atom. The molecule has 11 nitrogen and oxygen atoms in total. The Bertz CT molecular complexity index is 1640. The molecule has 0 aliphatic carbocycles. The summed E-state index contributed by atoms with van der Waals surface area (Å²) in [4.78, 5) is 24.3. The van der Waals surface area contributed by atoms with Crippen molar-refractivity contribution >= 4 is 50.7 Å². The van der Waals surface area contributed by atoms with Gasteiger partial charge in [-0.2, -0.15) is 17.9 Å². The first-order chi connectivity index (χ1) is 20.5. The molecule has 0 spiro atoms. The lowest BCUT2D eigenvalue weighted by Crippen LogP contribution is -2.49. The highest BCUT2D eigenvalue weighted by molar-refractivity contribution is 7.89. The molecular formula is C26H24Cl2F4N4O7S. The summed E-state index contributed by atoms with van der Waals surface area (Å²) in [5.41, 5.74) is 4.80. The normalized spacial score (nSPS) is 12.4. The van der Waals surface area contributed by atoms with E-state index in [2.05, 4.69) is 5.43 Å². The number of hydrogen-bond donors (Lipinski definition) is 5. The molecule has 0 aliphatic rings. The zero-order chi connectivity index (χ0) is 32.8. The number of halogens is 6. The molecule has 3 aromatic carbocycles. The van der Waals surface area contributed by atoms with Crippen LogP contribution in [0.2, 0.25) is 10.0 Å². The van der Waals surface area contributed by atoms with Crippen LogP contribution in [0, 0.1) is 5.82 Å². The number of carbonyl (C=O) groups excluding carboxylic acids is 2. The standard InChI is InChI=1S/C26H24Cl2F4N4O7S/c1-13(2)43-20-8-7-14(9-17(20)28)24(37)33-34-25(38)15-10-18(29)21(11-16(15)27)42-12-23(26(30,31)32)36-44(40,41)22-6-4-3-5-19(22)35-39/h3-11,13,23,35-36,39H,12H2,1-2H3,(H,33,37)(H,34,38). The highest BCUT2D eigenvalue weighted by Crippen LogP contribution is 2.30. The maximum absolute atomic E-state index is 14.7. The van der Waals surface area contributed by atoms with E-state index < -0.39 is 73.4 Å².